The number of benzene rings is 2. The van der Waals surface area contributed by atoms with Crippen molar-refractivity contribution >= 4 is 40.8 Å². The summed E-state index contributed by atoms with van der Waals surface area (Å²) in [5, 5.41) is 26.4. The molecule has 1 atom stereocenters. The average Bonchev–Trinajstić information content (AvgIpc) is 3.26. The molecule has 1 amide bonds. The van der Waals surface area contributed by atoms with Crippen LogP contribution in [-0.2, 0) is 4.79 Å². The molecule has 4 rings (SSSR count). The summed E-state index contributed by atoms with van der Waals surface area (Å²) in [6.45, 7) is 2.95. The molecule has 9 nitrogen and oxygen atoms in total. The molecule has 0 aliphatic carbocycles. The summed E-state index contributed by atoms with van der Waals surface area (Å²) in [5.74, 6) is 0.688. The zero-order chi connectivity index (χ0) is 24.9. The van der Waals surface area contributed by atoms with Crippen molar-refractivity contribution in [2.45, 2.75) is 19.1 Å². The summed E-state index contributed by atoms with van der Waals surface area (Å²) in [7, 11) is 0. The maximum Gasteiger partial charge on any atom is 0.248 e. The molecule has 11 heteroatoms. The van der Waals surface area contributed by atoms with Crippen molar-refractivity contribution in [1.82, 2.24) is 14.8 Å². The first-order chi connectivity index (χ1) is 16.9. The molecule has 2 aromatic rings. The van der Waals surface area contributed by atoms with Crippen molar-refractivity contribution in [3.05, 3.63) is 64.1 Å². The maximum atomic E-state index is 12.5. The van der Waals surface area contributed by atoms with Crippen LogP contribution in [0.3, 0.4) is 0 Å². The molecule has 2 aliphatic rings. The molecule has 35 heavy (non-hydrogen) atoms. The Kier molecular flexibility index (Phi) is 7.76. The highest BCUT2D eigenvalue weighted by Gasteiger charge is 2.40. The summed E-state index contributed by atoms with van der Waals surface area (Å²) in [6.07, 6.45) is 1.78. The number of ether oxygens (including phenoxy) is 1. The highest BCUT2D eigenvalue weighted by molar-refractivity contribution is 6.31. The van der Waals surface area contributed by atoms with Gasteiger partial charge in [-0.2, -0.15) is 10.4 Å². The van der Waals surface area contributed by atoms with E-state index in [1.807, 2.05) is 30.1 Å². The third-order valence-corrected chi connectivity index (χ3v) is 6.33. The number of carbonyl (C=O) groups excluding carboxylic acids is 1. The number of likely N-dealkylation sites (N-methyl/N-ethyl adjacent to an activating group) is 1. The predicted octanol–water partition coefficient (Wildman–Crippen LogP) is 2.82. The van der Waals surface area contributed by atoms with Gasteiger partial charge in [-0.25, -0.2) is 5.01 Å². The molecule has 2 heterocycles. The Labute approximate surface area is 213 Å². The fourth-order valence-corrected chi connectivity index (χ4v) is 4.36. The van der Waals surface area contributed by atoms with E-state index in [9.17, 15) is 15.2 Å². The van der Waals surface area contributed by atoms with Gasteiger partial charge in [-0.15, -0.1) is 4.99 Å². The van der Waals surface area contributed by atoms with Crippen LogP contribution in [0, 0.1) is 11.5 Å². The van der Waals surface area contributed by atoms with Crippen molar-refractivity contribution in [3.63, 3.8) is 0 Å². The minimum atomic E-state index is -0.604. The van der Waals surface area contributed by atoms with Crippen molar-refractivity contribution < 1.29 is 14.6 Å². The van der Waals surface area contributed by atoms with E-state index in [1.54, 1.807) is 46.3 Å². The SMILES string of the molecule is CCN(C(=O)CO)C1CN(C(=NC#N)N2CC(Oc3ccc(Cl)cc3)C2)N=C1c1ccc(Cl)cc1. The van der Waals surface area contributed by atoms with E-state index >= 15 is 0 Å². The van der Waals surface area contributed by atoms with E-state index in [-0.39, 0.29) is 12.6 Å². The number of nitrogens with zero attached hydrogens (tertiary/aromatic N) is 6. The predicted molar refractivity (Wildman–Crippen MR) is 133 cm³/mol. The number of halogens is 2. The number of carbonyl (C=O) groups is 1. The summed E-state index contributed by atoms with van der Waals surface area (Å²) in [5.41, 5.74) is 1.42. The molecule has 2 aromatic carbocycles. The lowest BCUT2D eigenvalue weighted by Gasteiger charge is -2.42. The number of hydrogen-bond donors (Lipinski definition) is 1. The molecule has 1 N–H and O–H groups in total. The summed E-state index contributed by atoms with van der Waals surface area (Å²) in [6, 6.07) is 13.9. The van der Waals surface area contributed by atoms with Crippen LogP contribution in [0.4, 0.5) is 0 Å². The van der Waals surface area contributed by atoms with E-state index in [0.717, 1.165) is 5.56 Å². The monoisotopic (exact) mass is 514 g/mol. The highest BCUT2D eigenvalue weighted by Crippen LogP contribution is 2.25. The zero-order valence-electron chi connectivity index (χ0n) is 19.0. The van der Waals surface area contributed by atoms with Gasteiger partial charge in [0.25, 0.3) is 0 Å². The average molecular weight is 515 g/mol. The summed E-state index contributed by atoms with van der Waals surface area (Å²) in [4.78, 5) is 20.0. The van der Waals surface area contributed by atoms with Gasteiger partial charge >= 0.3 is 0 Å². The van der Waals surface area contributed by atoms with E-state index in [4.69, 9.17) is 33.0 Å². The molecule has 2 aliphatic heterocycles. The van der Waals surface area contributed by atoms with E-state index in [2.05, 4.69) is 4.99 Å². The Morgan fingerprint density at radius 3 is 2.37 bits per heavy atom. The van der Waals surface area contributed by atoms with Crippen LogP contribution in [0.25, 0.3) is 0 Å². The number of rotatable bonds is 6. The molecule has 0 radical (unpaired) electrons. The van der Waals surface area contributed by atoms with Gasteiger partial charge in [0.15, 0.2) is 0 Å². The largest absolute Gasteiger partial charge is 0.487 e. The first-order valence-electron chi connectivity index (χ1n) is 11.1. The smallest absolute Gasteiger partial charge is 0.248 e. The number of likely N-dealkylation sites (tertiary alicyclic amines) is 1. The van der Waals surface area contributed by atoms with Crippen molar-refractivity contribution in [3.8, 4) is 11.9 Å². The van der Waals surface area contributed by atoms with Crippen molar-refractivity contribution in [1.29, 1.82) is 5.26 Å². The van der Waals surface area contributed by atoms with Crippen molar-refractivity contribution in [2.75, 3.05) is 32.8 Å². The lowest BCUT2D eigenvalue weighted by Crippen LogP contribution is -2.59. The molecule has 0 spiro atoms. The molecule has 1 fully saturated rings. The van der Waals surface area contributed by atoms with Gasteiger partial charge in [-0.05, 0) is 43.3 Å². The molecule has 0 saturated carbocycles. The van der Waals surface area contributed by atoms with Crippen LogP contribution < -0.4 is 4.74 Å². The maximum absolute atomic E-state index is 12.5. The fraction of sp³-hybridized carbons (Fsp3) is 0.333. The van der Waals surface area contributed by atoms with Gasteiger partial charge in [0.1, 0.15) is 18.5 Å². The standard InChI is InChI=1S/C24H24Cl2N6O3/c1-2-31(22(34)14-33)21-13-32(29-23(21)16-3-5-17(25)6-4-16)24(28-15-27)30-11-20(12-30)35-19-9-7-18(26)8-10-19/h3-10,20-21,33H,2,11-14H2,1H3. The van der Waals surface area contributed by atoms with Crippen LogP contribution in [0.5, 0.6) is 5.75 Å². The third kappa shape index (κ3) is 5.51. The topological polar surface area (TPSA) is 105 Å². The number of aliphatic hydroxyl groups is 1. The Morgan fingerprint density at radius 1 is 1.17 bits per heavy atom. The number of nitriles is 1. The molecular weight excluding hydrogens is 491 g/mol. The molecule has 1 unspecified atom stereocenters. The minimum Gasteiger partial charge on any atom is -0.487 e. The Morgan fingerprint density at radius 2 is 1.80 bits per heavy atom. The van der Waals surface area contributed by atoms with Gasteiger partial charge in [-0.1, -0.05) is 35.3 Å². The molecule has 0 bridgehead atoms. The second kappa shape index (κ2) is 11.0. The number of aliphatic hydroxyl groups excluding tert-OH is 1. The number of hydrogen-bond acceptors (Lipinski definition) is 6. The summed E-state index contributed by atoms with van der Waals surface area (Å²) >= 11 is 12.0. The Hall–Kier alpha value is -3.32. The number of aliphatic imine (C=N–C) groups is 1. The van der Waals surface area contributed by atoms with Crippen molar-refractivity contribution in [2.24, 2.45) is 10.1 Å². The zero-order valence-corrected chi connectivity index (χ0v) is 20.5. The van der Waals surface area contributed by atoms with E-state index in [1.165, 1.54) is 0 Å². The quantitative estimate of drug-likeness (QED) is 0.361. The second-order valence-electron chi connectivity index (χ2n) is 8.04. The van der Waals surface area contributed by atoms with Crippen LogP contribution in [0.15, 0.2) is 58.6 Å². The van der Waals surface area contributed by atoms with Crippen LogP contribution in [-0.4, -0.2) is 82.4 Å². The molecule has 0 aromatic heterocycles. The summed E-state index contributed by atoms with van der Waals surface area (Å²) < 4.78 is 5.97. The van der Waals surface area contributed by atoms with E-state index < -0.39 is 18.6 Å². The van der Waals surface area contributed by atoms with Gasteiger partial charge < -0.3 is 19.6 Å². The first kappa shape index (κ1) is 24.8. The highest BCUT2D eigenvalue weighted by atomic mass is 35.5. The Bertz CT molecular complexity index is 1160. The van der Waals surface area contributed by atoms with Crippen LogP contribution in [0.1, 0.15) is 12.5 Å². The van der Waals surface area contributed by atoms with Gasteiger partial charge in [-0.3, -0.25) is 4.79 Å². The minimum absolute atomic E-state index is 0.0821. The third-order valence-electron chi connectivity index (χ3n) is 5.83. The van der Waals surface area contributed by atoms with Gasteiger partial charge in [0.2, 0.25) is 18.1 Å². The first-order valence-corrected chi connectivity index (χ1v) is 11.8. The lowest BCUT2D eigenvalue weighted by atomic mass is 10.0. The Balaban J connectivity index is 1.55. The number of guanidine groups is 1. The molecule has 1 saturated heterocycles. The lowest BCUT2D eigenvalue weighted by molar-refractivity contribution is -0.135. The van der Waals surface area contributed by atoms with Gasteiger partial charge in [0.05, 0.1) is 31.4 Å². The fourth-order valence-electron chi connectivity index (χ4n) is 4.11. The number of amides is 1. The number of hydrazone groups is 1. The second-order valence-corrected chi connectivity index (χ2v) is 8.91. The van der Waals surface area contributed by atoms with Gasteiger partial charge in [0, 0.05) is 22.2 Å². The molecular formula is C24H24Cl2N6O3. The van der Waals surface area contributed by atoms with E-state index in [0.29, 0.717) is 47.1 Å². The van der Waals surface area contributed by atoms with Crippen LogP contribution >= 0.6 is 23.2 Å². The molecule has 182 valence electrons. The normalized spacial score (nSPS) is 18.1. The van der Waals surface area contributed by atoms with Crippen LogP contribution in [0.2, 0.25) is 10.0 Å².